The number of rotatable bonds is 5. The first-order valence-electron chi connectivity index (χ1n) is 8.39. The average molecular weight is 389 g/mol. The Labute approximate surface area is 164 Å². The topological polar surface area (TPSA) is 116 Å². The Bertz CT molecular complexity index is 804. The van der Waals surface area contributed by atoms with Gasteiger partial charge in [-0.15, -0.1) is 0 Å². The molecule has 1 atom stereocenters. The van der Waals surface area contributed by atoms with Crippen molar-refractivity contribution in [3.8, 4) is 22.6 Å². The highest BCUT2D eigenvalue weighted by atomic mass is 16.6. The smallest absolute Gasteiger partial charge is 0.408 e. The number of ether oxygens (including phenoxy) is 1. The van der Waals surface area contributed by atoms with Crippen LogP contribution in [0.25, 0.3) is 11.1 Å². The van der Waals surface area contributed by atoms with E-state index in [1.807, 2.05) is 6.07 Å². The number of carboxylic acids is 1. The highest BCUT2D eigenvalue weighted by Crippen LogP contribution is 2.38. The van der Waals surface area contributed by atoms with Gasteiger partial charge >= 0.3 is 12.1 Å². The number of phenols is 2. The van der Waals surface area contributed by atoms with Crippen LogP contribution in [0.1, 0.15) is 33.8 Å². The van der Waals surface area contributed by atoms with Gasteiger partial charge in [0.25, 0.3) is 0 Å². The minimum absolute atomic E-state index is 0. The normalized spacial score (nSPS) is 11.8. The van der Waals surface area contributed by atoms with Gasteiger partial charge < -0.3 is 25.4 Å². The van der Waals surface area contributed by atoms with Gasteiger partial charge in [-0.25, -0.2) is 9.59 Å². The summed E-state index contributed by atoms with van der Waals surface area (Å²) < 4.78 is 5.07. The third-order valence-electron chi connectivity index (χ3n) is 3.65. The molecule has 2 rings (SSSR count). The van der Waals surface area contributed by atoms with Crippen LogP contribution in [-0.4, -0.2) is 39.0 Å². The Morgan fingerprint density at radius 3 is 2.07 bits per heavy atom. The number of aromatic hydroxyl groups is 2. The van der Waals surface area contributed by atoms with Gasteiger partial charge in [0, 0.05) is 6.42 Å². The minimum Gasteiger partial charge on any atom is -0.507 e. The first kappa shape index (κ1) is 22.8. The molecule has 2 aromatic carbocycles. The van der Waals surface area contributed by atoms with E-state index >= 15 is 0 Å². The van der Waals surface area contributed by atoms with Crippen LogP contribution in [0.15, 0.2) is 42.5 Å². The van der Waals surface area contributed by atoms with Crippen molar-refractivity contribution in [2.45, 2.75) is 46.3 Å². The first-order valence-corrected chi connectivity index (χ1v) is 8.39. The molecule has 7 nitrogen and oxygen atoms in total. The number of benzene rings is 2. The van der Waals surface area contributed by atoms with Crippen LogP contribution in [0.4, 0.5) is 4.79 Å². The van der Waals surface area contributed by atoms with E-state index in [1.165, 1.54) is 12.1 Å². The minimum atomic E-state index is -1.28. The largest absolute Gasteiger partial charge is 0.507 e. The van der Waals surface area contributed by atoms with Crippen LogP contribution in [0, 0.1) is 0 Å². The van der Waals surface area contributed by atoms with Gasteiger partial charge in [0.05, 0.1) is 5.56 Å². The van der Waals surface area contributed by atoms with Crippen molar-refractivity contribution in [3.63, 3.8) is 0 Å². The van der Waals surface area contributed by atoms with Crippen LogP contribution in [-0.2, 0) is 16.0 Å². The fourth-order valence-corrected chi connectivity index (χ4v) is 2.57. The summed E-state index contributed by atoms with van der Waals surface area (Å²) in [5.74, 6) is -1.62. The lowest BCUT2D eigenvalue weighted by atomic mass is 9.98. The van der Waals surface area contributed by atoms with Gasteiger partial charge in [0.2, 0.25) is 0 Å². The molecule has 1 unspecified atom stereocenters. The van der Waals surface area contributed by atoms with Gasteiger partial charge in [0.15, 0.2) is 0 Å². The predicted octanol–water partition coefficient (Wildman–Crippen LogP) is 3.92. The van der Waals surface area contributed by atoms with E-state index in [0.29, 0.717) is 11.1 Å². The van der Waals surface area contributed by atoms with Crippen molar-refractivity contribution in [2.24, 2.45) is 0 Å². The van der Waals surface area contributed by atoms with Crippen LogP contribution in [0.3, 0.4) is 0 Å². The fourth-order valence-electron chi connectivity index (χ4n) is 2.57. The number of carbonyl (C=O) groups excluding carboxylic acids is 1. The van der Waals surface area contributed by atoms with Gasteiger partial charge in [0.1, 0.15) is 23.1 Å². The van der Waals surface area contributed by atoms with Crippen molar-refractivity contribution in [1.29, 1.82) is 0 Å². The number of hydrogen-bond acceptors (Lipinski definition) is 5. The summed E-state index contributed by atoms with van der Waals surface area (Å²) in [5.41, 5.74) is 0.473. The highest BCUT2D eigenvalue weighted by molar-refractivity contribution is 5.81. The Kier molecular flexibility index (Phi) is 7.43. The second kappa shape index (κ2) is 9.12. The highest BCUT2D eigenvalue weighted by Gasteiger charge is 2.25. The van der Waals surface area contributed by atoms with E-state index < -0.39 is 23.7 Å². The second-order valence-electron chi connectivity index (χ2n) is 7.12. The molecule has 0 aromatic heterocycles. The molecule has 0 aliphatic carbocycles. The van der Waals surface area contributed by atoms with E-state index in [0.717, 1.165) is 0 Å². The van der Waals surface area contributed by atoms with Crippen LogP contribution >= 0.6 is 0 Å². The van der Waals surface area contributed by atoms with Crippen molar-refractivity contribution in [3.05, 3.63) is 48.0 Å². The summed E-state index contributed by atoms with van der Waals surface area (Å²) in [5, 5.41) is 32.2. The molecular formula is C21H27NO6. The molecule has 0 spiro atoms. The zero-order chi connectivity index (χ0) is 20.2. The van der Waals surface area contributed by atoms with E-state index in [4.69, 9.17) is 4.74 Å². The van der Waals surface area contributed by atoms with Crippen molar-refractivity contribution >= 4 is 12.1 Å². The summed E-state index contributed by atoms with van der Waals surface area (Å²) >= 11 is 0. The number of nitrogens with one attached hydrogen (secondary N) is 1. The van der Waals surface area contributed by atoms with E-state index in [9.17, 15) is 24.9 Å². The van der Waals surface area contributed by atoms with E-state index in [-0.39, 0.29) is 30.9 Å². The standard InChI is InChI=1S/C20H23NO6.CH4/c1-20(2,3)27-19(26)21-14(18(24)25)9-12-10-15(22)17(16(23)11-12)13-7-5-4-6-8-13;/h4-8,10-11,14,22-23H,9H2,1-3H3,(H,21,26)(H,24,25);1H4. The quantitative estimate of drug-likeness (QED) is 0.616. The fraction of sp³-hybridized carbons (Fsp3) is 0.333. The molecule has 7 heteroatoms. The zero-order valence-electron chi connectivity index (χ0n) is 15.4. The van der Waals surface area contributed by atoms with Crippen molar-refractivity contribution in [1.82, 2.24) is 5.32 Å². The number of alkyl carbamates (subject to hydrolysis) is 1. The number of phenolic OH excluding ortho intramolecular Hbond substituents is 2. The third kappa shape index (κ3) is 6.19. The maximum absolute atomic E-state index is 11.8. The van der Waals surface area contributed by atoms with Gasteiger partial charge in [-0.2, -0.15) is 0 Å². The number of aliphatic carboxylic acids is 1. The Morgan fingerprint density at radius 1 is 1.07 bits per heavy atom. The lowest BCUT2D eigenvalue weighted by Gasteiger charge is -2.22. The van der Waals surface area contributed by atoms with Crippen LogP contribution < -0.4 is 5.32 Å². The SMILES string of the molecule is C.CC(C)(C)OC(=O)NC(Cc1cc(O)c(-c2ccccc2)c(O)c1)C(=O)O. The molecule has 0 heterocycles. The molecule has 0 radical (unpaired) electrons. The first-order chi connectivity index (χ1) is 12.6. The molecular weight excluding hydrogens is 362 g/mol. The van der Waals surface area contributed by atoms with Gasteiger partial charge in [-0.05, 0) is 44.0 Å². The maximum atomic E-state index is 11.8. The zero-order valence-corrected chi connectivity index (χ0v) is 15.4. The molecule has 4 N–H and O–H groups in total. The van der Waals surface area contributed by atoms with E-state index in [2.05, 4.69) is 5.32 Å². The molecule has 0 saturated carbocycles. The molecule has 28 heavy (non-hydrogen) atoms. The molecule has 0 fully saturated rings. The Morgan fingerprint density at radius 2 is 1.61 bits per heavy atom. The summed E-state index contributed by atoms with van der Waals surface area (Å²) in [4.78, 5) is 23.3. The van der Waals surface area contributed by atoms with Crippen LogP contribution in [0.5, 0.6) is 11.5 Å². The Hall–Kier alpha value is -3.22. The summed E-state index contributed by atoms with van der Waals surface area (Å²) in [6.45, 7) is 5.00. The number of amides is 1. The molecule has 0 aliphatic rings. The predicted molar refractivity (Wildman–Crippen MR) is 106 cm³/mol. The number of hydrogen-bond donors (Lipinski definition) is 4. The molecule has 152 valence electrons. The average Bonchev–Trinajstić information content (AvgIpc) is 2.52. The van der Waals surface area contributed by atoms with Crippen LogP contribution in [0.2, 0.25) is 0 Å². The molecule has 0 aliphatic heterocycles. The summed E-state index contributed by atoms with van der Waals surface area (Å²) in [6.07, 6.45) is -0.991. The van der Waals surface area contributed by atoms with Crippen molar-refractivity contribution < 1.29 is 29.6 Å². The third-order valence-corrected chi connectivity index (χ3v) is 3.65. The summed E-state index contributed by atoms with van der Waals surface area (Å²) in [7, 11) is 0. The van der Waals surface area contributed by atoms with Gasteiger partial charge in [-0.1, -0.05) is 37.8 Å². The lowest BCUT2D eigenvalue weighted by molar-refractivity contribution is -0.139. The summed E-state index contributed by atoms with van der Waals surface area (Å²) in [6, 6.07) is 10.3. The Balaban J connectivity index is 0.00000392. The molecule has 0 saturated heterocycles. The maximum Gasteiger partial charge on any atom is 0.408 e. The number of carboxylic acid groups (broad SMARTS) is 1. The van der Waals surface area contributed by atoms with E-state index in [1.54, 1.807) is 45.0 Å². The second-order valence-corrected chi connectivity index (χ2v) is 7.12. The monoisotopic (exact) mass is 389 g/mol. The van der Waals surface area contributed by atoms with Gasteiger partial charge in [-0.3, -0.25) is 0 Å². The molecule has 1 amide bonds. The van der Waals surface area contributed by atoms with Crippen molar-refractivity contribution in [2.75, 3.05) is 0 Å². The molecule has 2 aromatic rings. The molecule has 0 bridgehead atoms. The number of carbonyl (C=O) groups is 2. The lowest BCUT2D eigenvalue weighted by Crippen LogP contribution is -2.44.